The maximum Gasteiger partial charge on any atom is 0.308 e. The molecule has 1 amide bonds. The van der Waals surface area contributed by atoms with Crippen LogP contribution in [0.5, 0.6) is 0 Å². The zero-order valence-corrected chi connectivity index (χ0v) is 40.7. The van der Waals surface area contributed by atoms with Crippen molar-refractivity contribution in [3.8, 4) is 0 Å². The SMILES string of the molecule is CCCCCCC(C)C(=O)OCC(CO)OC(=O)CCCN(CCCC(=O)OC(COC(=O)C(C)CCCCCC)COC(=O)C(C)CCCCCC)C(=O)SCCCN(C)C. The van der Waals surface area contributed by atoms with Crippen LogP contribution in [-0.4, -0.2) is 128 Å². The van der Waals surface area contributed by atoms with Crippen molar-refractivity contribution >= 4 is 46.8 Å². The number of unbranched alkanes of at least 4 members (excludes halogenated alkanes) is 9. The predicted molar refractivity (Wildman–Crippen MR) is 245 cm³/mol. The van der Waals surface area contributed by atoms with Gasteiger partial charge in [0.15, 0.2) is 12.2 Å². The van der Waals surface area contributed by atoms with Crippen LogP contribution in [0.4, 0.5) is 4.79 Å². The van der Waals surface area contributed by atoms with E-state index in [0.29, 0.717) is 25.0 Å². The van der Waals surface area contributed by atoms with Crippen molar-refractivity contribution in [1.29, 1.82) is 0 Å². The normalized spacial score (nSPS) is 13.7. The highest BCUT2D eigenvalue weighted by atomic mass is 32.2. The third-order valence-corrected chi connectivity index (χ3v) is 11.6. The van der Waals surface area contributed by atoms with Gasteiger partial charge < -0.3 is 38.6 Å². The summed E-state index contributed by atoms with van der Waals surface area (Å²) in [6.45, 7) is 11.8. The maximum atomic E-state index is 13.3. The molecule has 14 nitrogen and oxygen atoms in total. The van der Waals surface area contributed by atoms with Gasteiger partial charge in [-0.1, -0.05) is 130 Å². The highest BCUT2D eigenvalue weighted by molar-refractivity contribution is 8.13. The highest BCUT2D eigenvalue weighted by Gasteiger charge is 2.25. The molecule has 0 heterocycles. The number of hydrogen-bond acceptors (Lipinski definition) is 14. The Morgan fingerprint density at radius 2 is 0.903 bits per heavy atom. The third-order valence-electron chi connectivity index (χ3n) is 10.6. The molecule has 62 heavy (non-hydrogen) atoms. The van der Waals surface area contributed by atoms with E-state index in [1.165, 1.54) is 11.8 Å². The van der Waals surface area contributed by atoms with E-state index in [1.807, 2.05) is 32.8 Å². The fourth-order valence-electron chi connectivity index (χ4n) is 6.42. The second-order valence-electron chi connectivity index (χ2n) is 17.0. The zero-order chi connectivity index (χ0) is 46.5. The number of ether oxygens (including phenoxy) is 5. The summed E-state index contributed by atoms with van der Waals surface area (Å²) in [5.41, 5.74) is 0. The topological polar surface area (TPSA) is 175 Å². The smallest absolute Gasteiger partial charge is 0.308 e. The Bertz CT molecular complexity index is 1190. The molecule has 362 valence electrons. The standard InChI is InChI=1S/C47H86N2O12S/c1-9-12-15-18-24-37(4)44(53)57-34-40(33-50)60-42(51)27-21-30-49(47(56)62-32-23-29-48(7)8)31-22-28-43(52)61-41(35-58-45(54)38(5)25-19-16-13-10-2)36-59-46(55)39(6)26-20-17-14-11-3/h37-41,50H,9-36H2,1-8H3. The number of aliphatic hydroxyl groups excluding tert-OH is 1. The Kier molecular flexibility index (Phi) is 36.7. The molecule has 0 spiro atoms. The molecule has 0 aliphatic carbocycles. The largest absolute Gasteiger partial charge is 0.461 e. The molecule has 0 radical (unpaired) electrons. The molecule has 15 heteroatoms. The molecule has 0 aromatic heterocycles. The van der Waals surface area contributed by atoms with Crippen molar-refractivity contribution in [2.24, 2.45) is 17.8 Å². The van der Waals surface area contributed by atoms with Crippen molar-refractivity contribution in [2.75, 3.05) is 65.9 Å². The molecule has 0 fully saturated rings. The molecule has 4 unspecified atom stereocenters. The van der Waals surface area contributed by atoms with Gasteiger partial charge in [0.2, 0.25) is 0 Å². The number of rotatable bonds is 39. The van der Waals surface area contributed by atoms with Crippen molar-refractivity contribution in [2.45, 2.75) is 182 Å². The summed E-state index contributed by atoms with van der Waals surface area (Å²) in [7, 11) is 3.92. The molecule has 0 saturated carbocycles. The summed E-state index contributed by atoms with van der Waals surface area (Å²) in [6, 6.07) is 0. The minimum absolute atomic E-state index is 0.0385. The molecule has 0 aromatic rings. The summed E-state index contributed by atoms with van der Waals surface area (Å²) >= 11 is 1.17. The Morgan fingerprint density at radius 3 is 1.27 bits per heavy atom. The van der Waals surface area contributed by atoms with Crippen LogP contribution in [-0.2, 0) is 47.7 Å². The van der Waals surface area contributed by atoms with Crippen LogP contribution in [0, 0.1) is 17.8 Å². The van der Waals surface area contributed by atoms with Crippen LogP contribution in [0.2, 0.25) is 0 Å². The Balaban J connectivity index is 5.38. The first-order chi connectivity index (χ1) is 29.7. The number of thioether (sulfide) groups is 1. The van der Waals surface area contributed by atoms with Gasteiger partial charge in [-0.25, -0.2) is 0 Å². The van der Waals surface area contributed by atoms with E-state index in [4.69, 9.17) is 23.7 Å². The van der Waals surface area contributed by atoms with Crippen LogP contribution in [0.1, 0.15) is 170 Å². The fraction of sp³-hybridized carbons (Fsp3) is 0.872. The maximum absolute atomic E-state index is 13.3. The van der Waals surface area contributed by atoms with E-state index < -0.39 is 48.7 Å². The van der Waals surface area contributed by atoms with Gasteiger partial charge in [-0.2, -0.15) is 0 Å². The van der Waals surface area contributed by atoms with E-state index in [1.54, 1.807) is 11.8 Å². The van der Waals surface area contributed by atoms with E-state index in [2.05, 4.69) is 20.8 Å². The minimum atomic E-state index is -0.997. The van der Waals surface area contributed by atoms with Gasteiger partial charge in [-0.05, 0) is 59.2 Å². The van der Waals surface area contributed by atoms with Crippen LogP contribution in [0.25, 0.3) is 0 Å². The van der Waals surface area contributed by atoms with E-state index in [9.17, 15) is 33.9 Å². The Morgan fingerprint density at radius 1 is 0.516 bits per heavy atom. The van der Waals surface area contributed by atoms with Crippen LogP contribution in [0.15, 0.2) is 0 Å². The summed E-state index contributed by atoms with van der Waals surface area (Å²) in [5.74, 6) is -2.69. The number of carbonyl (C=O) groups excluding carboxylic acids is 6. The average molecular weight is 903 g/mol. The first-order valence-corrected chi connectivity index (χ1v) is 24.7. The number of aliphatic hydroxyl groups is 1. The molecule has 0 rings (SSSR count). The minimum Gasteiger partial charge on any atom is -0.461 e. The summed E-state index contributed by atoms with van der Waals surface area (Å²) < 4.78 is 27.5. The highest BCUT2D eigenvalue weighted by Crippen LogP contribution is 2.17. The average Bonchev–Trinajstić information content (AvgIpc) is 3.25. The van der Waals surface area contributed by atoms with Gasteiger partial charge >= 0.3 is 29.8 Å². The second kappa shape index (κ2) is 38.5. The molecular weight excluding hydrogens is 817 g/mol. The molecule has 0 saturated heterocycles. The molecule has 0 aromatic carbocycles. The van der Waals surface area contributed by atoms with Crippen LogP contribution >= 0.6 is 11.8 Å². The van der Waals surface area contributed by atoms with Crippen molar-refractivity contribution in [3.63, 3.8) is 0 Å². The number of hydrogen-bond donors (Lipinski definition) is 1. The molecule has 4 atom stereocenters. The van der Waals surface area contributed by atoms with E-state index >= 15 is 0 Å². The number of carbonyl (C=O) groups is 6. The number of esters is 5. The second-order valence-corrected chi connectivity index (χ2v) is 18.1. The van der Waals surface area contributed by atoms with Crippen LogP contribution in [0.3, 0.4) is 0 Å². The summed E-state index contributed by atoms with van der Waals surface area (Å²) in [6.07, 6.45) is 13.8. The predicted octanol–water partition coefficient (Wildman–Crippen LogP) is 8.92. The summed E-state index contributed by atoms with van der Waals surface area (Å²) in [4.78, 5) is 80.8. The molecular formula is C47H86N2O12S. The van der Waals surface area contributed by atoms with Gasteiger partial charge in [0.05, 0.1) is 24.4 Å². The molecule has 0 bridgehead atoms. The quantitative estimate of drug-likeness (QED) is 0.0352. The van der Waals surface area contributed by atoms with Gasteiger partial charge in [-0.15, -0.1) is 0 Å². The van der Waals surface area contributed by atoms with Crippen molar-refractivity contribution < 1.29 is 57.6 Å². The fourth-order valence-corrected chi connectivity index (χ4v) is 7.23. The van der Waals surface area contributed by atoms with Gasteiger partial charge in [-0.3, -0.25) is 28.8 Å². The lowest BCUT2D eigenvalue weighted by Gasteiger charge is -2.23. The first kappa shape index (κ1) is 59.1. The monoisotopic (exact) mass is 903 g/mol. The Labute approximate surface area is 379 Å². The lowest BCUT2D eigenvalue weighted by Crippen LogP contribution is -2.34. The van der Waals surface area contributed by atoms with Gasteiger partial charge in [0.1, 0.15) is 19.8 Å². The van der Waals surface area contributed by atoms with Gasteiger partial charge in [0, 0.05) is 31.7 Å². The summed E-state index contributed by atoms with van der Waals surface area (Å²) in [5, 5.41) is 9.60. The third kappa shape index (κ3) is 31.9. The van der Waals surface area contributed by atoms with Crippen molar-refractivity contribution in [1.82, 2.24) is 9.80 Å². The molecule has 0 aliphatic rings. The zero-order valence-electron chi connectivity index (χ0n) is 39.9. The lowest BCUT2D eigenvalue weighted by molar-refractivity contribution is -0.169. The van der Waals surface area contributed by atoms with Crippen LogP contribution < -0.4 is 0 Å². The van der Waals surface area contributed by atoms with E-state index in [-0.39, 0.29) is 81.6 Å². The number of nitrogens with zero attached hydrogens (tertiary/aromatic N) is 2. The lowest BCUT2D eigenvalue weighted by atomic mass is 10.0. The first-order valence-electron chi connectivity index (χ1n) is 23.7. The molecule has 1 N–H and O–H groups in total. The Hall–Kier alpha value is -2.91. The molecule has 0 aliphatic heterocycles. The van der Waals surface area contributed by atoms with Gasteiger partial charge in [0.25, 0.3) is 5.24 Å². The van der Waals surface area contributed by atoms with Crippen molar-refractivity contribution in [3.05, 3.63) is 0 Å². The number of amides is 1. The van der Waals surface area contributed by atoms with E-state index in [0.717, 1.165) is 90.0 Å².